The Morgan fingerprint density at radius 3 is 2.95 bits per heavy atom. The third kappa shape index (κ3) is 3.21. The van der Waals surface area contributed by atoms with Gasteiger partial charge in [0, 0.05) is 36.6 Å². The van der Waals surface area contributed by atoms with Crippen LogP contribution in [-0.4, -0.2) is 30.1 Å². The van der Waals surface area contributed by atoms with Crippen molar-refractivity contribution in [3.05, 3.63) is 22.4 Å². The second-order valence-electron chi connectivity index (χ2n) is 6.31. The summed E-state index contributed by atoms with van der Waals surface area (Å²) in [5, 5.41) is 6.02. The van der Waals surface area contributed by atoms with Crippen molar-refractivity contribution in [2.75, 3.05) is 13.1 Å². The van der Waals surface area contributed by atoms with Crippen molar-refractivity contribution < 1.29 is 0 Å². The Morgan fingerprint density at radius 1 is 1.47 bits per heavy atom. The molecule has 1 N–H and O–H groups in total. The van der Waals surface area contributed by atoms with Crippen LogP contribution in [0.3, 0.4) is 0 Å². The molecule has 1 saturated heterocycles. The Balaban J connectivity index is 1.67. The summed E-state index contributed by atoms with van der Waals surface area (Å²) in [6, 6.07) is 5.93. The molecule has 0 aromatic carbocycles. The number of hydrogen-bond donors (Lipinski definition) is 1. The number of nitrogens with zero attached hydrogens (tertiary/aromatic N) is 1. The van der Waals surface area contributed by atoms with Crippen molar-refractivity contribution in [3.63, 3.8) is 0 Å². The predicted octanol–water partition coefficient (Wildman–Crippen LogP) is 3.35. The van der Waals surface area contributed by atoms with Crippen LogP contribution in [0.1, 0.15) is 38.0 Å². The zero-order valence-electron chi connectivity index (χ0n) is 12.1. The average Bonchev–Trinajstić information content (AvgIpc) is 3.15. The summed E-state index contributed by atoms with van der Waals surface area (Å²) >= 11 is 1.90. The van der Waals surface area contributed by atoms with E-state index in [9.17, 15) is 0 Å². The molecule has 1 aromatic rings. The molecule has 0 radical (unpaired) electrons. The van der Waals surface area contributed by atoms with Gasteiger partial charge in [-0.25, -0.2) is 0 Å². The van der Waals surface area contributed by atoms with E-state index in [0.29, 0.717) is 6.04 Å². The summed E-state index contributed by atoms with van der Waals surface area (Å²) in [6.45, 7) is 8.29. The molecule has 1 aromatic heterocycles. The van der Waals surface area contributed by atoms with Crippen LogP contribution < -0.4 is 5.32 Å². The van der Waals surface area contributed by atoms with Gasteiger partial charge in [-0.3, -0.25) is 4.90 Å². The van der Waals surface area contributed by atoms with E-state index in [1.165, 1.54) is 37.2 Å². The lowest BCUT2D eigenvalue weighted by Gasteiger charge is -2.42. The van der Waals surface area contributed by atoms with Gasteiger partial charge in [-0.15, -0.1) is 11.3 Å². The first-order chi connectivity index (χ1) is 9.28. The molecule has 3 heteroatoms. The summed E-state index contributed by atoms with van der Waals surface area (Å²) in [4.78, 5) is 4.28. The van der Waals surface area contributed by atoms with Crippen molar-refractivity contribution in [2.45, 2.75) is 51.7 Å². The van der Waals surface area contributed by atoms with Gasteiger partial charge >= 0.3 is 0 Å². The molecule has 19 heavy (non-hydrogen) atoms. The van der Waals surface area contributed by atoms with E-state index >= 15 is 0 Å². The number of nitrogens with one attached hydrogen (secondary N) is 1. The maximum absolute atomic E-state index is 3.81. The maximum atomic E-state index is 3.81. The highest BCUT2D eigenvalue weighted by Gasteiger charge is 2.39. The number of hydrogen-bond acceptors (Lipinski definition) is 3. The van der Waals surface area contributed by atoms with Crippen molar-refractivity contribution >= 4 is 11.3 Å². The Kier molecular flexibility index (Phi) is 4.25. The van der Waals surface area contributed by atoms with Crippen LogP contribution in [0.4, 0.5) is 0 Å². The summed E-state index contributed by atoms with van der Waals surface area (Å²) in [6.07, 6.45) is 4.17. The molecule has 2 nitrogen and oxygen atoms in total. The van der Waals surface area contributed by atoms with Gasteiger partial charge in [-0.1, -0.05) is 26.3 Å². The van der Waals surface area contributed by atoms with Gasteiger partial charge < -0.3 is 5.32 Å². The first kappa shape index (κ1) is 13.6. The molecule has 0 spiro atoms. The first-order valence-electron chi connectivity index (χ1n) is 7.77. The van der Waals surface area contributed by atoms with Crippen LogP contribution in [0.5, 0.6) is 0 Å². The summed E-state index contributed by atoms with van der Waals surface area (Å²) in [5.74, 6) is 1.75. The average molecular weight is 278 g/mol. The molecule has 3 atom stereocenters. The molecule has 106 valence electrons. The highest BCUT2D eigenvalue weighted by Crippen LogP contribution is 2.37. The largest absolute Gasteiger partial charge is 0.311 e. The number of thiophene rings is 1. The van der Waals surface area contributed by atoms with Crippen molar-refractivity contribution in [2.24, 2.45) is 11.8 Å². The van der Waals surface area contributed by atoms with Crippen LogP contribution in [0, 0.1) is 11.8 Å². The van der Waals surface area contributed by atoms with Gasteiger partial charge in [0.05, 0.1) is 0 Å². The van der Waals surface area contributed by atoms with Gasteiger partial charge in [-0.2, -0.15) is 0 Å². The van der Waals surface area contributed by atoms with E-state index in [4.69, 9.17) is 0 Å². The third-order valence-electron chi connectivity index (χ3n) is 4.93. The maximum Gasteiger partial charge on any atom is 0.0332 e. The lowest BCUT2D eigenvalue weighted by Crippen LogP contribution is -2.58. The normalized spacial score (nSPS) is 30.4. The molecule has 3 rings (SSSR count). The van der Waals surface area contributed by atoms with Gasteiger partial charge in [0.25, 0.3) is 0 Å². The zero-order valence-corrected chi connectivity index (χ0v) is 13.0. The smallest absolute Gasteiger partial charge is 0.0332 e. The second kappa shape index (κ2) is 5.94. The standard InChI is InChI=1S/C16H26N2S/c1-3-12(2)15-11-18(10-14-5-4-8-19-14)16(9-17-15)13-6-7-13/h4-5,8,12-13,15-17H,3,6-7,9-11H2,1-2H3. The molecular formula is C16H26N2S. The fourth-order valence-electron chi connectivity index (χ4n) is 3.25. The van der Waals surface area contributed by atoms with Crippen LogP contribution in [0.25, 0.3) is 0 Å². The molecule has 0 amide bonds. The molecule has 1 saturated carbocycles. The topological polar surface area (TPSA) is 15.3 Å². The summed E-state index contributed by atoms with van der Waals surface area (Å²) < 4.78 is 0. The highest BCUT2D eigenvalue weighted by molar-refractivity contribution is 7.09. The SMILES string of the molecule is CCC(C)C1CN(Cc2cccs2)C(C2CC2)CN1. The minimum Gasteiger partial charge on any atom is -0.311 e. The van der Waals surface area contributed by atoms with Crippen LogP contribution in [0.15, 0.2) is 17.5 Å². The van der Waals surface area contributed by atoms with Crippen LogP contribution in [0.2, 0.25) is 0 Å². The Labute approximate surface area is 121 Å². The zero-order chi connectivity index (χ0) is 13.2. The Hall–Kier alpha value is -0.380. The molecular weight excluding hydrogens is 252 g/mol. The highest BCUT2D eigenvalue weighted by atomic mass is 32.1. The van der Waals surface area contributed by atoms with Crippen molar-refractivity contribution in [1.82, 2.24) is 10.2 Å². The summed E-state index contributed by atoms with van der Waals surface area (Å²) in [5.41, 5.74) is 0. The number of piperazine rings is 1. The fraction of sp³-hybridized carbons (Fsp3) is 0.750. The van der Waals surface area contributed by atoms with Gasteiger partial charge in [0.15, 0.2) is 0 Å². The molecule has 3 unspecified atom stereocenters. The van der Waals surface area contributed by atoms with Gasteiger partial charge in [0.1, 0.15) is 0 Å². The Bertz CT molecular complexity index is 385. The van der Waals surface area contributed by atoms with Gasteiger partial charge in [0.2, 0.25) is 0 Å². The molecule has 2 heterocycles. The van der Waals surface area contributed by atoms with E-state index in [1.807, 2.05) is 11.3 Å². The second-order valence-corrected chi connectivity index (χ2v) is 7.35. The quantitative estimate of drug-likeness (QED) is 0.888. The van der Waals surface area contributed by atoms with E-state index < -0.39 is 0 Å². The molecule has 2 aliphatic rings. The molecule has 0 bridgehead atoms. The van der Waals surface area contributed by atoms with E-state index in [1.54, 1.807) is 0 Å². The van der Waals surface area contributed by atoms with Crippen molar-refractivity contribution in [3.8, 4) is 0 Å². The van der Waals surface area contributed by atoms with E-state index in [0.717, 1.165) is 24.4 Å². The van der Waals surface area contributed by atoms with Crippen LogP contribution in [-0.2, 0) is 6.54 Å². The van der Waals surface area contributed by atoms with Crippen LogP contribution >= 0.6 is 11.3 Å². The minimum atomic E-state index is 0.681. The van der Waals surface area contributed by atoms with Gasteiger partial charge in [-0.05, 0) is 36.1 Å². The lowest BCUT2D eigenvalue weighted by atomic mass is 9.94. The van der Waals surface area contributed by atoms with E-state index in [-0.39, 0.29) is 0 Å². The number of rotatable bonds is 5. The first-order valence-corrected chi connectivity index (χ1v) is 8.65. The fourth-order valence-corrected chi connectivity index (χ4v) is 3.98. The minimum absolute atomic E-state index is 0.681. The monoisotopic (exact) mass is 278 g/mol. The van der Waals surface area contributed by atoms with Crippen molar-refractivity contribution in [1.29, 1.82) is 0 Å². The Morgan fingerprint density at radius 2 is 2.32 bits per heavy atom. The molecule has 2 fully saturated rings. The van der Waals surface area contributed by atoms with E-state index in [2.05, 4.69) is 41.6 Å². The summed E-state index contributed by atoms with van der Waals surface area (Å²) in [7, 11) is 0. The molecule has 1 aliphatic carbocycles. The lowest BCUT2D eigenvalue weighted by molar-refractivity contribution is 0.0901. The molecule has 1 aliphatic heterocycles. The predicted molar refractivity (Wildman–Crippen MR) is 82.5 cm³/mol. The third-order valence-corrected chi connectivity index (χ3v) is 5.79.